The van der Waals surface area contributed by atoms with E-state index in [9.17, 15) is 4.79 Å². The number of hydrogen-bond donors (Lipinski definition) is 1. The van der Waals surface area contributed by atoms with Crippen LogP contribution in [0.4, 0.5) is 11.8 Å². The van der Waals surface area contributed by atoms with Gasteiger partial charge in [-0.1, -0.05) is 42.8 Å². The van der Waals surface area contributed by atoms with Crippen molar-refractivity contribution >= 4 is 40.1 Å². The fourth-order valence-corrected chi connectivity index (χ4v) is 5.58. The number of Topliss-reactive ketones (excluding diaryl/α,β-unsaturated/α-hetero) is 1. The third kappa shape index (κ3) is 6.11. The van der Waals surface area contributed by atoms with Gasteiger partial charge in [-0.3, -0.25) is 4.79 Å². The van der Waals surface area contributed by atoms with Crippen molar-refractivity contribution in [2.24, 2.45) is 5.92 Å². The van der Waals surface area contributed by atoms with Crippen LogP contribution in [0.5, 0.6) is 0 Å². The van der Waals surface area contributed by atoms with Crippen molar-refractivity contribution in [3.63, 3.8) is 0 Å². The number of ketones is 1. The molecule has 0 spiro atoms. The Kier molecular flexibility index (Phi) is 8.31. The van der Waals surface area contributed by atoms with Gasteiger partial charge in [-0.15, -0.1) is 0 Å². The summed E-state index contributed by atoms with van der Waals surface area (Å²) in [5.74, 6) is 1.93. The van der Waals surface area contributed by atoms with E-state index in [1.165, 1.54) is 0 Å². The van der Waals surface area contributed by atoms with Crippen molar-refractivity contribution < 1.29 is 4.79 Å². The van der Waals surface area contributed by atoms with Gasteiger partial charge in [-0.2, -0.15) is 0 Å². The van der Waals surface area contributed by atoms with Crippen LogP contribution >= 0.6 is 11.6 Å². The number of anilines is 2. The van der Waals surface area contributed by atoms with Crippen LogP contribution in [0.1, 0.15) is 44.6 Å². The molecule has 0 radical (unpaired) electrons. The molecule has 5 rings (SSSR count). The topological polar surface area (TPSA) is 74.2 Å². The lowest BCUT2D eigenvalue weighted by Gasteiger charge is -2.33. The maximum Gasteiger partial charge on any atom is 0.223 e. The average molecular weight is 519 g/mol. The summed E-state index contributed by atoms with van der Waals surface area (Å²) in [7, 11) is 0. The van der Waals surface area contributed by atoms with Crippen LogP contribution in [0.2, 0.25) is 5.02 Å². The molecule has 2 aromatic heterocycles. The molecule has 1 N–H and O–H groups in total. The van der Waals surface area contributed by atoms with E-state index in [0.717, 1.165) is 97.7 Å². The number of carbonyl (C=O) groups excluding carboxylic acids is 1. The summed E-state index contributed by atoms with van der Waals surface area (Å²) >= 11 is 6.27. The van der Waals surface area contributed by atoms with E-state index in [0.29, 0.717) is 18.3 Å². The predicted octanol–water partition coefficient (Wildman–Crippen LogP) is 5.51. The number of nitrogens with zero attached hydrogens (tertiary/aromatic N) is 5. The first kappa shape index (κ1) is 25.6. The van der Waals surface area contributed by atoms with Crippen LogP contribution < -0.4 is 10.2 Å². The molecule has 37 heavy (non-hydrogen) atoms. The van der Waals surface area contributed by atoms with Gasteiger partial charge in [0.05, 0.1) is 10.9 Å². The third-order valence-electron chi connectivity index (χ3n) is 7.57. The first-order chi connectivity index (χ1) is 18.1. The molecule has 4 heterocycles. The van der Waals surface area contributed by atoms with Crippen LogP contribution in [-0.2, 0) is 11.3 Å². The van der Waals surface area contributed by atoms with E-state index in [-0.39, 0.29) is 5.92 Å². The number of halogens is 1. The standard InChI is InChI=1S/C29H35ClN6O/c1-2-35-15-5-8-21(9-6-16-35)27(37)22-12-17-36(18-13-22)28-24-20-33-29(34-26(24)11-14-31-28)32-19-23-7-3-4-10-25(23)30/h3-4,7-8,10-11,14,20,22H,2,5-6,9,12-13,15-19H2,1H3,(H,32,33,34)/b21-8-. The molecule has 0 saturated carbocycles. The molecule has 2 aliphatic rings. The van der Waals surface area contributed by atoms with Crippen LogP contribution in [0, 0.1) is 5.92 Å². The molecule has 8 heteroatoms. The lowest BCUT2D eigenvalue weighted by molar-refractivity contribution is -0.120. The van der Waals surface area contributed by atoms with Gasteiger partial charge in [-0.05, 0) is 68.5 Å². The Morgan fingerprint density at radius 2 is 1.95 bits per heavy atom. The number of fused-ring (bicyclic) bond motifs is 1. The molecule has 2 aliphatic heterocycles. The zero-order chi connectivity index (χ0) is 25.6. The molecule has 7 nitrogen and oxygen atoms in total. The number of aromatic nitrogens is 3. The normalized spacial score (nSPS) is 19.2. The molecular formula is C29H35ClN6O. The quantitative estimate of drug-likeness (QED) is 0.442. The summed E-state index contributed by atoms with van der Waals surface area (Å²) in [6.45, 7) is 7.61. The Morgan fingerprint density at radius 1 is 1.11 bits per heavy atom. The minimum absolute atomic E-state index is 0.107. The zero-order valence-corrected chi connectivity index (χ0v) is 22.3. The van der Waals surface area contributed by atoms with Crippen LogP contribution in [-0.4, -0.2) is 58.4 Å². The number of rotatable bonds is 7. The Morgan fingerprint density at radius 3 is 2.76 bits per heavy atom. The number of hydrogen-bond acceptors (Lipinski definition) is 7. The number of benzene rings is 1. The van der Waals surface area contributed by atoms with Crippen molar-refractivity contribution in [1.29, 1.82) is 0 Å². The highest BCUT2D eigenvalue weighted by atomic mass is 35.5. The zero-order valence-electron chi connectivity index (χ0n) is 21.5. The molecule has 1 aromatic carbocycles. The predicted molar refractivity (Wildman–Crippen MR) is 150 cm³/mol. The number of nitrogens with one attached hydrogen (secondary N) is 1. The van der Waals surface area contributed by atoms with Gasteiger partial charge in [0.2, 0.25) is 5.95 Å². The SMILES string of the molecule is CCN1CC/C=C(\C(=O)C2CCN(c3nccc4nc(NCc5ccccc5Cl)ncc34)CC2)CCC1. The van der Waals surface area contributed by atoms with E-state index < -0.39 is 0 Å². The Labute approximate surface area is 224 Å². The van der Waals surface area contributed by atoms with Crippen molar-refractivity contribution in [3.8, 4) is 0 Å². The maximum atomic E-state index is 13.3. The number of carbonyl (C=O) groups is 1. The second kappa shape index (κ2) is 12.0. The van der Waals surface area contributed by atoms with Crippen molar-refractivity contribution in [2.45, 2.75) is 45.6 Å². The minimum Gasteiger partial charge on any atom is -0.356 e. The Balaban J connectivity index is 1.22. The van der Waals surface area contributed by atoms with Crippen LogP contribution in [0.3, 0.4) is 0 Å². The smallest absolute Gasteiger partial charge is 0.223 e. The summed E-state index contributed by atoms with van der Waals surface area (Å²) < 4.78 is 0. The summed E-state index contributed by atoms with van der Waals surface area (Å²) in [5, 5.41) is 4.92. The van der Waals surface area contributed by atoms with Crippen LogP contribution in [0.15, 0.2) is 54.4 Å². The fourth-order valence-electron chi connectivity index (χ4n) is 5.38. The molecule has 3 aromatic rings. The highest BCUT2D eigenvalue weighted by Crippen LogP contribution is 2.30. The van der Waals surface area contributed by atoms with E-state index in [4.69, 9.17) is 16.6 Å². The second-order valence-corrected chi connectivity index (χ2v) is 10.3. The summed E-state index contributed by atoms with van der Waals surface area (Å²) in [6.07, 6.45) is 10.5. The number of allylic oxidation sites excluding steroid dienone is 1. The van der Waals surface area contributed by atoms with Gasteiger partial charge in [0.1, 0.15) is 5.82 Å². The summed E-state index contributed by atoms with van der Waals surface area (Å²) in [6, 6.07) is 9.66. The Hall–Kier alpha value is -3.03. The van der Waals surface area contributed by atoms with Gasteiger partial charge in [0, 0.05) is 49.5 Å². The summed E-state index contributed by atoms with van der Waals surface area (Å²) in [4.78, 5) is 32.0. The lowest BCUT2D eigenvalue weighted by Crippen LogP contribution is -2.37. The molecule has 0 bridgehead atoms. The minimum atomic E-state index is 0.107. The van der Waals surface area contributed by atoms with E-state index in [1.54, 1.807) is 6.20 Å². The average Bonchev–Trinajstić information content (AvgIpc) is 2.92. The third-order valence-corrected chi connectivity index (χ3v) is 7.94. The highest BCUT2D eigenvalue weighted by Gasteiger charge is 2.28. The molecule has 0 atom stereocenters. The van der Waals surface area contributed by atoms with Gasteiger partial charge >= 0.3 is 0 Å². The molecule has 0 amide bonds. The Bertz CT molecular complexity index is 1270. The van der Waals surface area contributed by atoms with Crippen molar-refractivity contribution in [2.75, 3.05) is 42.9 Å². The molecule has 194 valence electrons. The van der Waals surface area contributed by atoms with Gasteiger partial charge in [-0.25, -0.2) is 15.0 Å². The largest absolute Gasteiger partial charge is 0.356 e. The molecule has 0 aliphatic carbocycles. The lowest BCUT2D eigenvalue weighted by atomic mass is 9.86. The highest BCUT2D eigenvalue weighted by molar-refractivity contribution is 6.31. The molecular weight excluding hydrogens is 484 g/mol. The number of piperidine rings is 1. The van der Waals surface area contributed by atoms with Crippen LogP contribution in [0.25, 0.3) is 10.9 Å². The molecule has 1 fully saturated rings. The first-order valence-electron chi connectivity index (χ1n) is 13.4. The number of pyridine rings is 1. The maximum absolute atomic E-state index is 13.3. The monoisotopic (exact) mass is 518 g/mol. The molecule has 1 saturated heterocycles. The fraction of sp³-hybridized carbons (Fsp3) is 0.448. The van der Waals surface area contributed by atoms with E-state index in [1.807, 2.05) is 36.5 Å². The summed E-state index contributed by atoms with van der Waals surface area (Å²) in [5.41, 5.74) is 2.90. The van der Waals surface area contributed by atoms with Crippen molar-refractivity contribution in [3.05, 3.63) is 65.0 Å². The van der Waals surface area contributed by atoms with Gasteiger partial charge in [0.25, 0.3) is 0 Å². The van der Waals surface area contributed by atoms with E-state index in [2.05, 4.69) is 38.1 Å². The molecule has 0 unspecified atom stereocenters. The van der Waals surface area contributed by atoms with Gasteiger partial charge < -0.3 is 15.1 Å². The van der Waals surface area contributed by atoms with E-state index >= 15 is 0 Å². The first-order valence-corrected chi connectivity index (χ1v) is 13.8. The second-order valence-electron chi connectivity index (χ2n) is 9.89. The van der Waals surface area contributed by atoms with Crippen molar-refractivity contribution in [1.82, 2.24) is 19.9 Å². The van der Waals surface area contributed by atoms with Gasteiger partial charge in [0.15, 0.2) is 5.78 Å².